The van der Waals surface area contributed by atoms with Crippen LogP contribution in [0.3, 0.4) is 0 Å². The van der Waals surface area contributed by atoms with Gasteiger partial charge >= 0.3 is 0 Å². The first kappa shape index (κ1) is 8.68. The number of hydrogen-bond acceptors (Lipinski definition) is 4. The maximum atomic E-state index is 5.87. The summed E-state index contributed by atoms with van der Waals surface area (Å²) in [6.07, 6.45) is 1.61. The molecule has 0 fully saturated rings. The standard InChI is InChI=1S/C9H11N5/c1-6-7(2)13-14(9(6)10)8-4-3-5-11-12-8/h3-5H,10H2,1-2H3. The van der Waals surface area contributed by atoms with Gasteiger partial charge in [0, 0.05) is 11.8 Å². The van der Waals surface area contributed by atoms with Gasteiger partial charge in [0.25, 0.3) is 0 Å². The average molecular weight is 189 g/mol. The smallest absolute Gasteiger partial charge is 0.177 e. The van der Waals surface area contributed by atoms with Crippen molar-refractivity contribution in [3.05, 3.63) is 29.6 Å². The van der Waals surface area contributed by atoms with Gasteiger partial charge in [0.05, 0.1) is 5.69 Å². The van der Waals surface area contributed by atoms with E-state index in [2.05, 4.69) is 15.3 Å². The predicted molar refractivity (Wildman–Crippen MR) is 53.0 cm³/mol. The van der Waals surface area contributed by atoms with E-state index in [0.717, 1.165) is 11.3 Å². The van der Waals surface area contributed by atoms with E-state index in [-0.39, 0.29) is 0 Å². The number of rotatable bonds is 1. The molecule has 2 N–H and O–H groups in total. The molecular weight excluding hydrogens is 178 g/mol. The molecular formula is C9H11N5. The molecule has 0 unspecified atom stereocenters. The molecule has 14 heavy (non-hydrogen) atoms. The fraction of sp³-hybridized carbons (Fsp3) is 0.222. The molecule has 0 aromatic carbocycles. The van der Waals surface area contributed by atoms with E-state index < -0.39 is 0 Å². The second-order valence-corrected chi connectivity index (χ2v) is 3.09. The fourth-order valence-corrected chi connectivity index (χ4v) is 1.20. The molecule has 0 amide bonds. The van der Waals surface area contributed by atoms with E-state index in [9.17, 15) is 0 Å². The molecule has 0 aliphatic rings. The highest BCUT2D eigenvalue weighted by Crippen LogP contribution is 2.17. The minimum absolute atomic E-state index is 0.614. The highest BCUT2D eigenvalue weighted by Gasteiger charge is 2.09. The van der Waals surface area contributed by atoms with E-state index in [1.807, 2.05) is 19.9 Å². The Kier molecular flexibility index (Phi) is 1.92. The van der Waals surface area contributed by atoms with Crippen LogP contribution in [0.25, 0.3) is 5.82 Å². The van der Waals surface area contributed by atoms with Gasteiger partial charge in [-0.05, 0) is 26.0 Å². The number of nitrogens with zero attached hydrogens (tertiary/aromatic N) is 4. The molecule has 0 saturated heterocycles. The van der Waals surface area contributed by atoms with Gasteiger partial charge in [-0.3, -0.25) is 0 Å². The van der Waals surface area contributed by atoms with Crippen LogP contribution in [0.5, 0.6) is 0 Å². The van der Waals surface area contributed by atoms with Crippen molar-refractivity contribution in [3.63, 3.8) is 0 Å². The maximum Gasteiger partial charge on any atom is 0.177 e. The lowest BCUT2D eigenvalue weighted by Crippen LogP contribution is -2.04. The van der Waals surface area contributed by atoms with Crippen molar-refractivity contribution in [1.29, 1.82) is 0 Å². The van der Waals surface area contributed by atoms with Crippen LogP contribution in [0.2, 0.25) is 0 Å². The first-order valence-corrected chi connectivity index (χ1v) is 4.30. The molecule has 0 saturated carbocycles. The van der Waals surface area contributed by atoms with E-state index in [4.69, 9.17) is 5.73 Å². The van der Waals surface area contributed by atoms with Gasteiger partial charge in [-0.25, -0.2) is 0 Å². The van der Waals surface area contributed by atoms with Crippen LogP contribution < -0.4 is 5.73 Å². The Hall–Kier alpha value is -1.91. The molecule has 2 rings (SSSR count). The van der Waals surface area contributed by atoms with Crippen LogP contribution in [0, 0.1) is 13.8 Å². The monoisotopic (exact) mass is 189 g/mol. The largest absolute Gasteiger partial charge is 0.383 e. The molecule has 0 aliphatic heterocycles. The Morgan fingerprint density at radius 2 is 2.14 bits per heavy atom. The van der Waals surface area contributed by atoms with Gasteiger partial charge < -0.3 is 5.73 Å². The third-order valence-electron chi connectivity index (χ3n) is 2.18. The van der Waals surface area contributed by atoms with Gasteiger partial charge in [-0.2, -0.15) is 14.9 Å². The highest BCUT2D eigenvalue weighted by atomic mass is 15.4. The summed E-state index contributed by atoms with van der Waals surface area (Å²) in [6.45, 7) is 3.85. The second-order valence-electron chi connectivity index (χ2n) is 3.09. The van der Waals surface area contributed by atoms with E-state index in [1.165, 1.54) is 0 Å². The van der Waals surface area contributed by atoms with Crippen molar-refractivity contribution in [2.45, 2.75) is 13.8 Å². The number of anilines is 1. The van der Waals surface area contributed by atoms with Crippen LogP contribution in [-0.2, 0) is 0 Å². The lowest BCUT2D eigenvalue weighted by Gasteiger charge is -2.00. The molecule has 2 aromatic rings. The Morgan fingerprint density at radius 3 is 2.64 bits per heavy atom. The van der Waals surface area contributed by atoms with Crippen molar-refractivity contribution in [2.24, 2.45) is 0 Å². The summed E-state index contributed by atoms with van der Waals surface area (Å²) in [5, 5.41) is 12.0. The number of nitrogen functional groups attached to an aromatic ring is 1. The number of nitrogens with two attached hydrogens (primary N) is 1. The van der Waals surface area contributed by atoms with Gasteiger partial charge in [0.2, 0.25) is 0 Å². The molecule has 0 radical (unpaired) electrons. The third kappa shape index (κ3) is 1.22. The number of aryl methyl sites for hydroxylation is 1. The topological polar surface area (TPSA) is 69.6 Å². The Balaban J connectivity index is 2.58. The molecule has 2 aromatic heterocycles. The highest BCUT2D eigenvalue weighted by molar-refractivity contribution is 5.46. The summed E-state index contributed by atoms with van der Waals surface area (Å²) < 4.78 is 1.59. The zero-order valence-electron chi connectivity index (χ0n) is 8.10. The van der Waals surface area contributed by atoms with Crippen molar-refractivity contribution >= 4 is 5.82 Å². The zero-order chi connectivity index (χ0) is 10.1. The van der Waals surface area contributed by atoms with Crippen molar-refractivity contribution in [3.8, 4) is 5.82 Å². The normalized spacial score (nSPS) is 10.4. The minimum Gasteiger partial charge on any atom is -0.383 e. The Bertz CT molecular complexity index is 446. The van der Waals surface area contributed by atoms with Gasteiger partial charge in [-0.15, -0.1) is 5.10 Å². The molecule has 2 heterocycles. The lowest BCUT2D eigenvalue weighted by atomic mass is 10.3. The Morgan fingerprint density at radius 1 is 1.36 bits per heavy atom. The quantitative estimate of drug-likeness (QED) is 0.722. The molecule has 0 spiro atoms. The summed E-state index contributed by atoms with van der Waals surface area (Å²) in [4.78, 5) is 0. The van der Waals surface area contributed by atoms with Crippen LogP contribution in [0.15, 0.2) is 18.3 Å². The summed E-state index contributed by atoms with van der Waals surface area (Å²) in [5.41, 5.74) is 7.76. The van der Waals surface area contributed by atoms with Gasteiger partial charge in [0.1, 0.15) is 5.82 Å². The number of hydrogen-bond donors (Lipinski definition) is 1. The molecule has 5 heteroatoms. The first-order chi connectivity index (χ1) is 6.70. The molecule has 0 aliphatic carbocycles. The zero-order valence-corrected chi connectivity index (χ0v) is 8.10. The minimum atomic E-state index is 0.614. The average Bonchev–Trinajstić information content (AvgIpc) is 2.47. The predicted octanol–water partition coefficient (Wildman–Crippen LogP) is 0.861. The van der Waals surface area contributed by atoms with Crippen molar-refractivity contribution in [1.82, 2.24) is 20.0 Å². The first-order valence-electron chi connectivity index (χ1n) is 4.30. The third-order valence-corrected chi connectivity index (χ3v) is 2.18. The summed E-state index contributed by atoms with van der Waals surface area (Å²) in [7, 11) is 0. The van der Waals surface area contributed by atoms with Crippen LogP contribution in [-0.4, -0.2) is 20.0 Å². The van der Waals surface area contributed by atoms with Crippen molar-refractivity contribution in [2.75, 3.05) is 5.73 Å². The van der Waals surface area contributed by atoms with Crippen LogP contribution >= 0.6 is 0 Å². The molecule has 72 valence electrons. The maximum absolute atomic E-state index is 5.87. The second kappa shape index (κ2) is 3.10. The van der Waals surface area contributed by atoms with Crippen LogP contribution in [0.1, 0.15) is 11.3 Å². The summed E-state index contributed by atoms with van der Waals surface area (Å²) in [6, 6.07) is 3.61. The SMILES string of the molecule is Cc1nn(-c2cccnn2)c(N)c1C. The number of aromatic nitrogens is 4. The molecule has 0 bridgehead atoms. The van der Waals surface area contributed by atoms with E-state index >= 15 is 0 Å². The molecule has 0 atom stereocenters. The van der Waals surface area contributed by atoms with E-state index in [1.54, 1.807) is 16.9 Å². The van der Waals surface area contributed by atoms with Gasteiger partial charge in [-0.1, -0.05) is 0 Å². The lowest BCUT2D eigenvalue weighted by molar-refractivity contribution is 0.811. The molecule has 5 nitrogen and oxygen atoms in total. The van der Waals surface area contributed by atoms with Crippen molar-refractivity contribution < 1.29 is 0 Å². The Labute approximate surface area is 81.6 Å². The summed E-state index contributed by atoms with van der Waals surface area (Å²) in [5.74, 6) is 1.25. The fourth-order valence-electron chi connectivity index (χ4n) is 1.20. The van der Waals surface area contributed by atoms with E-state index in [0.29, 0.717) is 11.6 Å². The summed E-state index contributed by atoms with van der Waals surface area (Å²) >= 11 is 0. The van der Waals surface area contributed by atoms with Crippen LogP contribution in [0.4, 0.5) is 5.82 Å². The van der Waals surface area contributed by atoms with Gasteiger partial charge in [0.15, 0.2) is 5.82 Å².